The lowest BCUT2D eigenvalue weighted by atomic mass is 10.3. The summed E-state index contributed by atoms with van der Waals surface area (Å²) in [5.41, 5.74) is 0. The van der Waals surface area contributed by atoms with Crippen molar-refractivity contribution in [1.29, 1.82) is 0 Å². The maximum atomic E-state index is 11.8. The Labute approximate surface area is 147 Å². The van der Waals surface area contributed by atoms with Crippen molar-refractivity contribution in [3.8, 4) is 11.5 Å². The third kappa shape index (κ3) is 6.40. The summed E-state index contributed by atoms with van der Waals surface area (Å²) in [6.07, 6.45) is 2.89. The van der Waals surface area contributed by atoms with Crippen LogP contribution < -0.4 is 9.47 Å². The van der Waals surface area contributed by atoms with Gasteiger partial charge in [0.2, 0.25) is 0 Å². The van der Waals surface area contributed by atoms with Gasteiger partial charge in [-0.3, -0.25) is 4.79 Å². The molecule has 25 heavy (non-hydrogen) atoms. The highest BCUT2D eigenvalue weighted by Gasteiger charge is 2.09. The molecule has 0 N–H and O–H groups in total. The molecule has 8 heteroatoms. The van der Waals surface area contributed by atoms with Crippen LogP contribution in [0.2, 0.25) is 0 Å². The van der Waals surface area contributed by atoms with E-state index in [1.54, 1.807) is 11.8 Å². The molecule has 0 saturated carbocycles. The number of carbonyl (C=O) groups is 1. The van der Waals surface area contributed by atoms with Crippen molar-refractivity contribution in [2.75, 3.05) is 13.7 Å². The summed E-state index contributed by atoms with van der Waals surface area (Å²) in [6, 6.07) is 7.30. The summed E-state index contributed by atoms with van der Waals surface area (Å²) in [7, 11) is 1.61. The SMILES string of the molecule is CCCCn1nnnc1COC(=O)CCCOc1ccc(OC)cc1. The van der Waals surface area contributed by atoms with Crippen molar-refractivity contribution in [1.82, 2.24) is 20.2 Å². The quantitative estimate of drug-likeness (QED) is 0.455. The predicted octanol–water partition coefficient (Wildman–Crippen LogP) is 2.38. The molecule has 8 nitrogen and oxygen atoms in total. The Morgan fingerprint density at radius 3 is 2.64 bits per heavy atom. The Morgan fingerprint density at radius 1 is 1.16 bits per heavy atom. The van der Waals surface area contributed by atoms with E-state index < -0.39 is 0 Å². The van der Waals surface area contributed by atoms with E-state index in [1.807, 2.05) is 24.3 Å². The molecule has 0 aliphatic carbocycles. The maximum Gasteiger partial charge on any atom is 0.306 e. The second kappa shape index (κ2) is 10.3. The third-order valence-electron chi connectivity index (χ3n) is 3.55. The molecular weight excluding hydrogens is 324 g/mol. The number of hydrogen-bond donors (Lipinski definition) is 0. The van der Waals surface area contributed by atoms with Crippen molar-refractivity contribution < 1.29 is 19.0 Å². The number of esters is 1. The smallest absolute Gasteiger partial charge is 0.306 e. The molecule has 0 radical (unpaired) electrons. The fraction of sp³-hybridized carbons (Fsp3) is 0.529. The fourth-order valence-electron chi connectivity index (χ4n) is 2.10. The lowest BCUT2D eigenvalue weighted by Crippen LogP contribution is -2.11. The lowest BCUT2D eigenvalue weighted by molar-refractivity contribution is -0.145. The lowest BCUT2D eigenvalue weighted by Gasteiger charge is -2.07. The van der Waals surface area contributed by atoms with Crippen molar-refractivity contribution in [2.45, 2.75) is 45.8 Å². The molecule has 0 spiro atoms. The Balaban J connectivity index is 1.63. The van der Waals surface area contributed by atoms with Gasteiger partial charge in [0.05, 0.1) is 13.7 Å². The van der Waals surface area contributed by atoms with Crippen LogP contribution in [-0.4, -0.2) is 39.9 Å². The average Bonchev–Trinajstić information content (AvgIpc) is 3.09. The number of methoxy groups -OCH3 is 1. The molecule has 0 bridgehead atoms. The van der Waals surface area contributed by atoms with E-state index in [0.717, 1.165) is 30.9 Å². The number of aromatic nitrogens is 4. The second-order valence-corrected chi connectivity index (χ2v) is 5.46. The number of unbranched alkanes of at least 4 members (excludes halogenated alkanes) is 1. The molecule has 0 atom stereocenters. The van der Waals surface area contributed by atoms with Gasteiger partial charge in [-0.25, -0.2) is 4.68 Å². The molecule has 1 aromatic carbocycles. The van der Waals surface area contributed by atoms with Crippen molar-refractivity contribution >= 4 is 5.97 Å². The summed E-state index contributed by atoms with van der Waals surface area (Å²) >= 11 is 0. The Hall–Kier alpha value is -2.64. The number of aryl methyl sites for hydroxylation is 1. The molecule has 0 amide bonds. The molecule has 0 aliphatic heterocycles. The van der Waals surface area contributed by atoms with Crippen molar-refractivity contribution in [2.24, 2.45) is 0 Å². The van der Waals surface area contributed by atoms with E-state index in [4.69, 9.17) is 14.2 Å². The normalized spacial score (nSPS) is 10.5. The third-order valence-corrected chi connectivity index (χ3v) is 3.55. The standard InChI is InChI=1S/C17H24N4O4/c1-3-4-11-21-16(18-19-20-21)13-25-17(22)6-5-12-24-15-9-7-14(23-2)8-10-15/h7-10H,3-6,11-13H2,1-2H3. The number of carbonyl (C=O) groups excluding carboxylic acids is 1. The van der Waals surface area contributed by atoms with Gasteiger partial charge in [-0.05, 0) is 47.5 Å². The van der Waals surface area contributed by atoms with Crippen LogP contribution in [0.25, 0.3) is 0 Å². The van der Waals surface area contributed by atoms with E-state index in [9.17, 15) is 4.79 Å². The fourth-order valence-corrected chi connectivity index (χ4v) is 2.10. The number of nitrogens with zero attached hydrogens (tertiary/aromatic N) is 4. The first-order valence-corrected chi connectivity index (χ1v) is 8.40. The van der Waals surface area contributed by atoms with Crippen LogP contribution in [0.4, 0.5) is 0 Å². The highest BCUT2D eigenvalue weighted by atomic mass is 16.5. The van der Waals surface area contributed by atoms with Crippen molar-refractivity contribution in [3.05, 3.63) is 30.1 Å². The van der Waals surface area contributed by atoms with Gasteiger partial charge in [-0.15, -0.1) is 5.10 Å². The minimum absolute atomic E-state index is 0.0921. The van der Waals surface area contributed by atoms with E-state index >= 15 is 0 Å². The number of ether oxygens (including phenoxy) is 3. The zero-order valence-corrected chi connectivity index (χ0v) is 14.7. The number of hydrogen-bond acceptors (Lipinski definition) is 7. The minimum Gasteiger partial charge on any atom is -0.497 e. The summed E-state index contributed by atoms with van der Waals surface area (Å²) in [5.74, 6) is 1.79. The molecule has 1 heterocycles. The highest BCUT2D eigenvalue weighted by molar-refractivity contribution is 5.69. The van der Waals surface area contributed by atoms with E-state index in [-0.39, 0.29) is 19.0 Å². The Kier molecular flexibility index (Phi) is 7.68. The molecule has 0 fully saturated rings. The Morgan fingerprint density at radius 2 is 1.92 bits per heavy atom. The van der Waals surface area contributed by atoms with Gasteiger partial charge >= 0.3 is 5.97 Å². The van der Waals surface area contributed by atoms with E-state index in [2.05, 4.69) is 22.4 Å². The molecule has 1 aromatic heterocycles. The summed E-state index contributed by atoms with van der Waals surface area (Å²) in [5, 5.41) is 11.4. The zero-order valence-electron chi connectivity index (χ0n) is 14.7. The first-order chi connectivity index (χ1) is 12.2. The molecule has 136 valence electrons. The molecule has 0 aliphatic rings. The summed E-state index contributed by atoms with van der Waals surface area (Å²) in [6.45, 7) is 3.36. The predicted molar refractivity (Wildman–Crippen MR) is 90.2 cm³/mol. The maximum absolute atomic E-state index is 11.8. The zero-order chi connectivity index (χ0) is 17.9. The number of rotatable bonds is 11. The molecule has 0 saturated heterocycles. The second-order valence-electron chi connectivity index (χ2n) is 5.46. The first kappa shape index (κ1) is 18.7. The topological polar surface area (TPSA) is 88.4 Å². The van der Waals surface area contributed by atoms with Gasteiger partial charge in [-0.1, -0.05) is 13.3 Å². The van der Waals surface area contributed by atoms with E-state index in [0.29, 0.717) is 18.9 Å². The summed E-state index contributed by atoms with van der Waals surface area (Å²) in [4.78, 5) is 11.8. The number of benzene rings is 1. The van der Waals surface area contributed by atoms with Gasteiger partial charge in [0, 0.05) is 13.0 Å². The minimum atomic E-state index is -0.289. The van der Waals surface area contributed by atoms with Gasteiger partial charge in [-0.2, -0.15) is 0 Å². The van der Waals surface area contributed by atoms with Crippen LogP contribution in [0.3, 0.4) is 0 Å². The highest BCUT2D eigenvalue weighted by Crippen LogP contribution is 2.17. The monoisotopic (exact) mass is 348 g/mol. The molecule has 0 unspecified atom stereocenters. The van der Waals surface area contributed by atoms with Crippen LogP contribution >= 0.6 is 0 Å². The van der Waals surface area contributed by atoms with Gasteiger partial charge in [0.1, 0.15) is 11.5 Å². The van der Waals surface area contributed by atoms with Crippen LogP contribution in [-0.2, 0) is 22.7 Å². The van der Waals surface area contributed by atoms with Crippen LogP contribution in [0.5, 0.6) is 11.5 Å². The number of tetrazole rings is 1. The molecule has 2 aromatic rings. The van der Waals surface area contributed by atoms with E-state index in [1.165, 1.54) is 0 Å². The molecular formula is C17H24N4O4. The van der Waals surface area contributed by atoms with Gasteiger partial charge in [0.25, 0.3) is 0 Å². The molecule has 2 rings (SSSR count). The largest absolute Gasteiger partial charge is 0.497 e. The Bertz CT molecular complexity index is 642. The van der Waals surface area contributed by atoms with Crippen molar-refractivity contribution in [3.63, 3.8) is 0 Å². The average molecular weight is 348 g/mol. The first-order valence-electron chi connectivity index (χ1n) is 8.40. The summed E-state index contributed by atoms with van der Waals surface area (Å²) < 4.78 is 17.5. The van der Waals surface area contributed by atoms with Crippen LogP contribution in [0.15, 0.2) is 24.3 Å². The van der Waals surface area contributed by atoms with Crippen LogP contribution in [0.1, 0.15) is 38.4 Å². The van der Waals surface area contributed by atoms with Gasteiger partial charge < -0.3 is 14.2 Å². The van der Waals surface area contributed by atoms with Gasteiger partial charge in [0.15, 0.2) is 12.4 Å². The van der Waals surface area contributed by atoms with Crippen LogP contribution in [0, 0.1) is 0 Å².